The van der Waals surface area contributed by atoms with Crippen LogP contribution < -0.4 is 5.32 Å². The summed E-state index contributed by atoms with van der Waals surface area (Å²) < 4.78 is 4.66. The van der Waals surface area contributed by atoms with Crippen LogP contribution in [-0.2, 0) is 16.0 Å². The van der Waals surface area contributed by atoms with Gasteiger partial charge in [0.05, 0.1) is 30.5 Å². The Morgan fingerprint density at radius 2 is 2.00 bits per heavy atom. The minimum absolute atomic E-state index is 0.0751. The average molecular weight is 334 g/mol. The van der Waals surface area contributed by atoms with Crippen LogP contribution in [0, 0.1) is 6.92 Å². The summed E-state index contributed by atoms with van der Waals surface area (Å²) in [6, 6.07) is 6.46. The third kappa shape index (κ3) is 3.92. The van der Waals surface area contributed by atoms with E-state index in [4.69, 9.17) is 5.11 Å². The highest BCUT2D eigenvalue weighted by molar-refractivity contribution is 7.13. The molecule has 0 saturated carbocycles. The summed E-state index contributed by atoms with van der Waals surface area (Å²) in [6.07, 6.45) is -0.0751. The number of para-hydroxylation sites is 1. The summed E-state index contributed by atoms with van der Waals surface area (Å²) in [7, 11) is 1.26. The molecule has 7 nitrogen and oxygen atoms in total. The molecule has 0 bridgehead atoms. The number of aromatic carboxylic acids is 1. The molecule has 0 radical (unpaired) electrons. The van der Waals surface area contributed by atoms with E-state index in [-0.39, 0.29) is 16.9 Å². The van der Waals surface area contributed by atoms with Gasteiger partial charge < -0.3 is 15.2 Å². The molecule has 0 aliphatic rings. The van der Waals surface area contributed by atoms with Gasteiger partial charge in [0.2, 0.25) is 5.91 Å². The van der Waals surface area contributed by atoms with Crippen molar-refractivity contribution in [1.82, 2.24) is 4.98 Å². The van der Waals surface area contributed by atoms with E-state index in [0.29, 0.717) is 16.4 Å². The van der Waals surface area contributed by atoms with E-state index < -0.39 is 17.8 Å². The first-order valence-corrected chi connectivity index (χ1v) is 7.40. The van der Waals surface area contributed by atoms with Crippen molar-refractivity contribution in [3.8, 4) is 0 Å². The van der Waals surface area contributed by atoms with Gasteiger partial charge in [-0.3, -0.25) is 4.79 Å². The molecule has 0 saturated heterocycles. The van der Waals surface area contributed by atoms with E-state index in [2.05, 4.69) is 15.0 Å². The zero-order valence-corrected chi connectivity index (χ0v) is 13.3. The number of hydrogen-bond donors (Lipinski definition) is 2. The first-order valence-electron chi connectivity index (χ1n) is 6.59. The third-order valence-electron chi connectivity index (χ3n) is 2.95. The molecule has 1 heterocycles. The number of thiazole rings is 1. The SMILES string of the molecule is COC(=O)c1ccccc1NC(=O)Cc1nc(C)c(C(=O)O)s1. The van der Waals surface area contributed by atoms with Gasteiger partial charge >= 0.3 is 11.9 Å². The molecule has 0 aliphatic carbocycles. The molecule has 120 valence electrons. The summed E-state index contributed by atoms with van der Waals surface area (Å²) in [5.74, 6) is -2.02. The van der Waals surface area contributed by atoms with Crippen molar-refractivity contribution in [1.29, 1.82) is 0 Å². The van der Waals surface area contributed by atoms with Gasteiger partial charge in [-0.05, 0) is 19.1 Å². The van der Waals surface area contributed by atoms with E-state index in [0.717, 1.165) is 11.3 Å². The number of methoxy groups -OCH3 is 1. The maximum Gasteiger partial charge on any atom is 0.347 e. The molecule has 0 atom stereocenters. The normalized spacial score (nSPS) is 10.2. The molecule has 0 spiro atoms. The fourth-order valence-electron chi connectivity index (χ4n) is 1.94. The molecular formula is C15H14N2O5S. The van der Waals surface area contributed by atoms with Gasteiger partial charge in [-0.15, -0.1) is 11.3 Å². The fourth-order valence-corrected chi connectivity index (χ4v) is 2.84. The van der Waals surface area contributed by atoms with Crippen molar-refractivity contribution >= 4 is 34.9 Å². The molecule has 2 aromatic rings. The van der Waals surface area contributed by atoms with Crippen molar-refractivity contribution in [2.45, 2.75) is 13.3 Å². The van der Waals surface area contributed by atoms with E-state index >= 15 is 0 Å². The smallest absolute Gasteiger partial charge is 0.347 e. The molecule has 0 unspecified atom stereocenters. The molecule has 0 fully saturated rings. The van der Waals surface area contributed by atoms with Crippen LogP contribution in [0.2, 0.25) is 0 Å². The average Bonchev–Trinajstić information content (AvgIpc) is 2.87. The van der Waals surface area contributed by atoms with Crippen LogP contribution in [-0.4, -0.2) is 35.0 Å². The number of anilines is 1. The molecule has 2 N–H and O–H groups in total. The zero-order chi connectivity index (χ0) is 17.0. The van der Waals surface area contributed by atoms with E-state index in [1.807, 2.05) is 0 Å². The Morgan fingerprint density at radius 1 is 1.30 bits per heavy atom. The minimum atomic E-state index is -1.07. The first-order chi connectivity index (χ1) is 10.9. The van der Waals surface area contributed by atoms with Gasteiger partial charge in [-0.25, -0.2) is 14.6 Å². The second-order valence-electron chi connectivity index (χ2n) is 4.59. The number of carboxylic acid groups (broad SMARTS) is 1. The Hall–Kier alpha value is -2.74. The number of nitrogens with one attached hydrogen (secondary N) is 1. The summed E-state index contributed by atoms with van der Waals surface area (Å²) in [4.78, 5) is 38.9. The second-order valence-corrected chi connectivity index (χ2v) is 5.67. The monoisotopic (exact) mass is 334 g/mol. The minimum Gasteiger partial charge on any atom is -0.477 e. The Balaban J connectivity index is 2.13. The molecule has 23 heavy (non-hydrogen) atoms. The highest BCUT2D eigenvalue weighted by atomic mass is 32.1. The maximum atomic E-state index is 12.1. The van der Waals surface area contributed by atoms with Gasteiger partial charge in [-0.2, -0.15) is 0 Å². The van der Waals surface area contributed by atoms with E-state index in [1.165, 1.54) is 13.2 Å². The number of carbonyl (C=O) groups excluding carboxylic acids is 2. The number of aryl methyl sites for hydroxylation is 1. The molecule has 1 amide bonds. The Labute approximate surface area is 135 Å². The predicted octanol–water partition coefficient (Wildman–Crippen LogP) is 2.12. The summed E-state index contributed by atoms with van der Waals surface area (Å²) in [5, 5.41) is 12.0. The maximum absolute atomic E-state index is 12.1. The van der Waals surface area contributed by atoms with Crippen molar-refractivity contribution < 1.29 is 24.2 Å². The number of carbonyl (C=O) groups is 3. The zero-order valence-electron chi connectivity index (χ0n) is 12.5. The van der Waals surface area contributed by atoms with Crippen LogP contribution in [0.5, 0.6) is 0 Å². The Kier molecular flexibility index (Phi) is 5.07. The molecule has 1 aromatic heterocycles. The Bertz CT molecular complexity index is 769. The number of nitrogens with zero attached hydrogens (tertiary/aromatic N) is 1. The van der Waals surface area contributed by atoms with E-state index in [1.54, 1.807) is 25.1 Å². The summed E-state index contributed by atoms with van der Waals surface area (Å²) >= 11 is 0.958. The van der Waals surface area contributed by atoms with Gasteiger partial charge in [0.1, 0.15) is 9.88 Å². The predicted molar refractivity (Wildman–Crippen MR) is 83.9 cm³/mol. The first kappa shape index (κ1) is 16.6. The molecular weight excluding hydrogens is 320 g/mol. The molecule has 1 aromatic carbocycles. The number of benzene rings is 1. The topological polar surface area (TPSA) is 106 Å². The van der Waals surface area contributed by atoms with Crippen LogP contribution in [0.15, 0.2) is 24.3 Å². The quantitative estimate of drug-likeness (QED) is 0.811. The summed E-state index contributed by atoms with van der Waals surface area (Å²) in [5.41, 5.74) is 0.946. The van der Waals surface area contributed by atoms with Gasteiger partial charge in [0, 0.05) is 0 Å². The van der Waals surface area contributed by atoms with Crippen molar-refractivity contribution in [2.75, 3.05) is 12.4 Å². The van der Waals surface area contributed by atoms with Gasteiger partial charge in [0.15, 0.2) is 0 Å². The van der Waals surface area contributed by atoms with Crippen LogP contribution in [0.3, 0.4) is 0 Å². The number of rotatable bonds is 5. The largest absolute Gasteiger partial charge is 0.477 e. The number of ether oxygens (including phenoxy) is 1. The standard InChI is InChI=1S/C15H14N2O5S/c1-8-13(14(19)20)23-12(16-8)7-11(18)17-10-6-4-3-5-9(10)15(21)22-2/h3-6H,7H2,1-2H3,(H,17,18)(H,19,20). The lowest BCUT2D eigenvalue weighted by Crippen LogP contribution is -2.17. The number of hydrogen-bond acceptors (Lipinski definition) is 6. The van der Waals surface area contributed by atoms with Crippen molar-refractivity contribution in [3.05, 3.63) is 45.4 Å². The van der Waals surface area contributed by atoms with Crippen molar-refractivity contribution in [2.24, 2.45) is 0 Å². The number of esters is 1. The van der Waals surface area contributed by atoms with Crippen LogP contribution in [0.1, 0.15) is 30.7 Å². The Morgan fingerprint density at radius 3 is 2.61 bits per heavy atom. The number of aromatic nitrogens is 1. The lowest BCUT2D eigenvalue weighted by molar-refractivity contribution is -0.115. The van der Waals surface area contributed by atoms with Gasteiger partial charge in [-0.1, -0.05) is 12.1 Å². The third-order valence-corrected chi connectivity index (χ3v) is 4.10. The molecule has 8 heteroatoms. The molecule has 2 rings (SSSR count). The van der Waals surface area contributed by atoms with Crippen LogP contribution >= 0.6 is 11.3 Å². The molecule has 0 aliphatic heterocycles. The van der Waals surface area contributed by atoms with Gasteiger partial charge in [0.25, 0.3) is 0 Å². The van der Waals surface area contributed by atoms with E-state index in [9.17, 15) is 14.4 Å². The number of carboxylic acids is 1. The highest BCUT2D eigenvalue weighted by Gasteiger charge is 2.17. The summed E-state index contributed by atoms with van der Waals surface area (Å²) in [6.45, 7) is 1.58. The second kappa shape index (κ2) is 7.01. The fraction of sp³-hybridized carbons (Fsp3) is 0.200. The van der Waals surface area contributed by atoms with Crippen molar-refractivity contribution in [3.63, 3.8) is 0 Å². The number of amides is 1. The van der Waals surface area contributed by atoms with Crippen LogP contribution in [0.25, 0.3) is 0 Å². The highest BCUT2D eigenvalue weighted by Crippen LogP contribution is 2.20. The van der Waals surface area contributed by atoms with Crippen LogP contribution in [0.4, 0.5) is 5.69 Å². The lowest BCUT2D eigenvalue weighted by atomic mass is 10.1. The lowest BCUT2D eigenvalue weighted by Gasteiger charge is -2.08.